The van der Waals surface area contributed by atoms with Crippen molar-refractivity contribution in [2.24, 2.45) is 11.1 Å². The Bertz CT molecular complexity index is 617. The van der Waals surface area contributed by atoms with Crippen molar-refractivity contribution in [3.05, 3.63) is 33.8 Å². The molecule has 0 aliphatic carbocycles. The molecular formula is C18H24Cl2N2O2. The van der Waals surface area contributed by atoms with E-state index in [1.807, 2.05) is 11.0 Å². The number of hydrogen-bond acceptors (Lipinski definition) is 3. The number of carbonyl (C=O) groups excluding carboxylic acids is 1. The highest BCUT2D eigenvalue weighted by Gasteiger charge is 2.26. The van der Waals surface area contributed by atoms with Gasteiger partial charge in [-0.3, -0.25) is 4.79 Å². The van der Waals surface area contributed by atoms with E-state index in [4.69, 9.17) is 28.0 Å². The Hall–Kier alpha value is -1.26. The summed E-state index contributed by atoms with van der Waals surface area (Å²) in [6, 6.07) is 5.43. The predicted molar refractivity (Wildman–Crippen MR) is 98.8 cm³/mol. The maximum absolute atomic E-state index is 12.4. The van der Waals surface area contributed by atoms with Crippen LogP contribution in [-0.4, -0.2) is 35.7 Å². The van der Waals surface area contributed by atoms with Gasteiger partial charge in [0.25, 0.3) is 0 Å². The smallest absolute Gasteiger partial charge is 0.222 e. The van der Waals surface area contributed by atoms with Gasteiger partial charge in [0.15, 0.2) is 6.10 Å². The van der Waals surface area contributed by atoms with Crippen molar-refractivity contribution >= 4 is 34.8 Å². The molecule has 4 nitrogen and oxygen atoms in total. The van der Waals surface area contributed by atoms with Crippen LogP contribution in [-0.2, 0) is 9.63 Å². The first kappa shape index (κ1) is 19.1. The maximum atomic E-state index is 12.4. The third-order valence-electron chi connectivity index (χ3n) is 3.84. The van der Waals surface area contributed by atoms with Crippen LogP contribution in [0.25, 0.3) is 0 Å². The second-order valence-corrected chi connectivity index (χ2v) is 7.35. The van der Waals surface area contributed by atoms with Crippen molar-refractivity contribution in [2.45, 2.75) is 46.1 Å². The first-order valence-corrected chi connectivity index (χ1v) is 9.12. The van der Waals surface area contributed by atoms with Gasteiger partial charge < -0.3 is 9.74 Å². The number of hydrogen-bond donors (Lipinski definition) is 0. The number of oxime groups is 1. The van der Waals surface area contributed by atoms with Gasteiger partial charge in [-0.2, -0.15) is 0 Å². The van der Waals surface area contributed by atoms with E-state index in [2.05, 4.69) is 25.9 Å². The van der Waals surface area contributed by atoms with Crippen LogP contribution in [0.2, 0.25) is 10.0 Å². The molecule has 0 saturated carbocycles. The van der Waals surface area contributed by atoms with E-state index >= 15 is 0 Å². The molecular weight excluding hydrogens is 347 g/mol. The minimum absolute atomic E-state index is 0.114. The topological polar surface area (TPSA) is 41.9 Å². The molecule has 0 N–H and O–H groups in total. The number of nitrogens with zero attached hydrogens (tertiary/aromatic N) is 2. The van der Waals surface area contributed by atoms with Crippen molar-refractivity contribution in [1.29, 1.82) is 0 Å². The largest absolute Gasteiger partial charge is 0.390 e. The summed E-state index contributed by atoms with van der Waals surface area (Å²) >= 11 is 12.0. The van der Waals surface area contributed by atoms with E-state index in [1.54, 1.807) is 12.1 Å². The summed E-state index contributed by atoms with van der Waals surface area (Å²) < 4.78 is 0. The van der Waals surface area contributed by atoms with Crippen LogP contribution in [0.1, 0.15) is 45.6 Å². The van der Waals surface area contributed by atoms with Crippen molar-refractivity contribution in [3.8, 4) is 0 Å². The summed E-state index contributed by atoms with van der Waals surface area (Å²) in [5.74, 6) is 0.530. The Morgan fingerprint density at radius 2 is 2.12 bits per heavy atom. The van der Waals surface area contributed by atoms with Crippen molar-refractivity contribution in [3.63, 3.8) is 0 Å². The molecule has 2 rings (SSSR count). The van der Waals surface area contributed by atoms with Crippen molar-refractivity contribution < 1.29 is 9.63 Å². The second kappa shape index (κ2) is 8.72. The SMILES string of the molecule is CCCN(CC1CC(c2ccc(Cl)c(Cl)c2)=NO1)C(=O)CC(C)C. The zero-order chi connectivity index (χ0) is 17.7. The molecule has 6 heteroatoms. The van der Waals surface area contributed by atoms with Gasteiger partial charge in [-0.1, -0.05) is 55.2 Å². The zero-order valence-electron chi connectivity index (χ0n) is 14.4. The molecule has 1 aliphatic heterocycles. The summed E-state index contributed by atoms with van der Waals surface area (Å²) in [5.41, 5.74) is 1.74. The Kier molecular flexibility index (Phi) is 6.93. The van der Waals surface area contributed by atoms with Crippen molar-refractivity contribution in [2.75, 3.05) is 13.1 Å². The minimum Gasteiger partial charge on any atom is -0.390 e. The van der Waals surface area contributed by atoms with Gasteiger partial charge in [0, 0.05) is 24.9 Å². The zero-order valence-corrected chi connectivity index (χ0v) is 15.9. The standard InChI is InChI=1S/C18H24Cl2N2O2/c1-4-7-22(18(23)8-12(2)3)11-14-10-17(21-24-14)13-5-6-15(19)16(20)9-13/h5-6,9,12,14H,4,7-8,10-11H2,1-3H3. The maximum Gasteiger partial charge on any atom is 0.222 e. The lowest BCUT2D eigenvalue weighted by Gasteiger charge is -2.25. The van der Waals surface area contributed by atoms with Crippen molar-refractivity contribution in [1.82, 2.24) is 4.90 Å². The first-order valence-electron chi connectivity index (χ1n) is 8.36. The molecule has 1 aromatic carbocycles. The van der Waals surface area contributed by atoms with Gasteiger partial charge in [0.05, 0.1) is 22.3 Å². The lowest BCUT2D eigenvalue weighted by atomic mass is 10.0. The molecule has 0 bridgehead atoms. The van der Waals surface area contributed by atoms with E-state index in [0.717, 1.165) is 24.2 Å². The molecule has 24 heavy (non-hydrogen) atoms. The summed E-state index contributed by atoms with van der Waals surface area (Å²) in [6.07, 6.45) is 2.04. The summed E-state index contributed by atoms with van der Waals surface area (Å²) in [4.78, 5) is 19.8. The molecule has 1 amide bonds. The van der Waals surface area contributed by atoms with Gasteiger partial charge in [-0.15, -0.1) is 0 Å². The Labute approximate surface area is 153 Å². The lowest BCUT2D eigenvalue weighted by Crippen LogP contribution is -2.38. The van der Waals surface area contributed by atoms with Gasteiger partial charge in [0.1, 0.15) is 0 Å². The average molecular weight is 371 g/mol. The third kappa shape index (κ3) is 5.12. The Morgan fingerprint density at radius 3 is 2.75 bits per heavy atom. The average Bonchev–Trinajstić information content (AvgIpc) is 2.97. The molecule has 1 unspecified atom stereocenters. The second-order valence-electron chi connectivity index (χ2n) is 6.54. The number of halogens is 2. The highest BCUT2D eigenvalue weighted by molar-refractivity contribution is 6.42. The van der Waals surface area contributed by atoms with E-state index < -0.39 is 0 Å². The van der Waals surface area contributed by atoms with Crippen LogP contribution in [0, 0.1) is 5.92 Å². The van der Waals surface area contributed by atoms with Crippen LogP contribution < -0.4 is 0 Å². The van der Waals surface area contributed by atoms with E-state index in [1.165, 1.54) is 0 Å². The third-order valence-corrected chi connectivity index (χ3v) is 4.58. The van der Waals surface area contributed by atoms with E-state index in [9.17, 15) is 4.79 Å². The first-order chi connectivity index (χ1) is 11.4. The van der Waals surface area contributed by atoms with Crippen LogP contribution in [0.3, 0.4) is 0 Å². The molecule has 0 aromatic heterocycles. The molecule has 0 spiro atoms. The molecule has 132 valence electrons. The van der Waals surface area contributed by atoms with E-state index in [0.29, 0.717) is 35.3 Å². The summed E-state index contributed by atoms with van der Waals surface area (Å²) in [5, 5.41) is 5.19. The fourth-order valence-electron chi connectivity index (χ4n) is 2.68. The van der Waals surface area contributed by atoms with Crippen LogP contribution >= 0.6 is 23.2 Å². The molecule has 1 atom stereocenters. The fraction of sp³-hybridized carbons (Fsp3) is 0.556. The minimum atomic E-state index is -0.114. The molecule has 1 aromatic rings. The predicted octanol–water partition coefficient (Wildman–Crippen LogP) is 4.77. The molecule has 1 heterocycles. The van der Waals surface area contributed by atoms with Crippen LogP contribution in [0.5, 0.6) is 0 Å². The summed E-state index contributed by atoms with van der Waals surface area (Å²) in [6.45, 7) is 7.49. The quantitative estimate of drug-likeness (QED) is 0.693. The fourth-order valence-corrected chi connectivity index (χ4v) is 2.98. The highest BCUT2D eigenvalue weighted by atomic mass is 35.5. The van der Waals surface area contributed by atoms with Gasteiger partial charge in [-0.25, -0.2) is 0 Å². The molecule has 0 saturated heterocycles. The van der Waals surface area contributed by atoms with Crippen LogP contribution in [0.15, 0.2) is 23.4 Å². The molecule has 0 fully saturated rings. The van der Waals surface area contributed by atoms with E-state index in [-0.39, 0.29) is 12.0 Å². The van der Waals surface area contributed by atoms with Crippen LogP contribution in [0.4, 0.5) is 0 Å². The monoisotopic (exact) mass is 370 g/mol. The number of benzene rings is 1. The van der Waals surface area contributed by atoms with Gasteiger partial charge >= 0.3 is 0 Å². The number of carbonyl (C=O) groups is 1. The number of rotatable bonds is 7. The molecule has 1 aliphatic rings. The summed E-state index contributed by atoms with van der Waals surface area (Å²) in [7, 11) is 0. The van der Waals surface area contributed by atoms with Gasteiger partial charge in [-0.05, 0) is 24.5 Å². The lowest BCUT2D eigenvalue weighted by molar-refractivity contribution is -0.133. The Morgan fingerprint density at radius 1 is 1.38 bits per heavy atom. The normalized spacial score (nSPS) is 16.9. The molecule has 0 radical (unpaired) electrons. The van der Waals surface area contributed by atoms with Gasteiger partial charge in [0.2, 0.25) is 5.91 Å². The Balaban J connectivity index is 1.97. The highest BCUT2D eigenvalue weighted by Crippen LogP contribution is 2.26. The number of amides is 1.